The molecule has 0 spiro atoms. The van der Waals surface area contributed by atoms with Crippen LogP contribution in [-0.4, -0.2) is 29.4 Å². The van der Waals surface area contributed by atoms with E-state index in [1.54, 1.807) is 55.7 Å². The van der Waals surface area contributed by atoms with Crippen LogP contribution in [0, 0.1) is 0 Å². The van der Waals surface area contributed by atoms with Gasteiger partial charge in [-0.1, -0.05) is 12.1 Å². The fourth-order valence-electron chi connectivity index (χ4n) is 2.43. The molecule has 0 saturated carbocycles. The molecule has 1 aromatic carbocycles. The average molecular weight is 370 g/mol. The molecule has 1 aromatic heterocycles. The summed E-state index contributed by atoms with van der Waals surface area (Å²) in [6.07, 6.45) is 2.69. The van der Waals surface area contributed by atoms with Crippen molar-refractivity contribution in [3.8, 4) is 0 Å². The summed E-state index contributed by atoms with van der Waals surface area (Å²) in [6.45, 7) is 1.95. The number of benzene rings is 1. The van der Waals surface area contributed by atoms with Crippen LogP contribution in [0.2, 0.25) is 0 Å². The lowest BCUT2D eigenvalue weighted by molar-refractivity contribution is -0.143. The minimum atomic E-state index is -0.634. The van der Waals surface area contributed by atoms with Gasteiger partial charge in [-0.2, -0.15) is 0 Å². The van der Waals surface area contributed by atoms with Gasteiger partial charge >= 0.3 is 5.97 Å². The first-order valence-electron chi connectivity index (χ1n) is 8.48. The fourth-order valence-corrected chi connectivity index (χ4v) is 2.43. The molecule has 0 aliphatic rings. The molecular weight excluding hydrogens is 348 g/mol. The highest BCUT2D eigenvalue weighted by Crippen LogP contribution is 2.17. The Morgan fingerprint density at radius 2 is 2.00 bits per heavy atom. The topological polar surface area (TPSA) is 123 Å². The third kappa shape index (κ3) is 6.77. The van der Waals surface area contributed by atoms with E-state index in [1.165, 1.54) is 0 Å². The molecule has 2 rings (SSSR count). The minimum absolute atomic E-state index is 0.0535. The number of ether oxygens (including phenoxy) is 1. The molecule has 0 bridgehead atoms. The minimum Gasteiger partial charge on any atom is -0.466 e. The van der Waals surface area contributed by atoms with Gasteiger partial charge in [0.1, 0.15) is 6.42 Å². The van der Waals surface area contributed by atoms with E-state index in [-0.39, 0.29) is 13.0 Å². The van der Waals surface area contributed by atoms with Crippen molar-refractivity contribution in [3.05, 3.63) is 54.4 Å². The molecule has 1 heterocycles. The number of nitrogens with two attached hydrogens (primary N) is 1. The van der Waals surface area contributed by atoms with Crippen LogP contribution in [0.25, 0.3) is 0 Å². The SMILES string of the molecule is CCOC(=O)CC(NC(=O)CC(=O)Nc1cccc(N)c1)c1cccnc1. The summed E-state index contributed by atoms with van der Waals surface area (Å²) in [5.41, 5.74) is 7.31. The van der Waals surface area contributed by atoms with Crippen molar-refractivity contribution in [1.29, 1.82) is 0 Å². The second-order valence-corrected chi connectivity index (χ2v) is 5.77. The van der Waals surface area contributed by atoms with Crippen LogP contribution in [-0.2, 0) is 19.1 Å². The summed E-state index contributed by atoms with van der Waals surface area (Å²) in [7, 11) is 0. The lowest BCUT2D eigenvalue weighted by atomic mass is 10.1. The van der Waals surface area contributed by atoms with Crippen LogP contribution in [0.3, 0.4) is 0 Å². The predicted octanol–water partition coefficient (Wildman–Crippen LogP) is 1.80. The number of carbonyl (C=O) groups excluding carboxylic acids is 3. The highest BCUT2D eigenvalue weighted by atomic mass is 16.5. The number of hydrogen-bond donors (Lipinski definition) is 3. The van der Waals surface area contributed by atoms with Gasteiger partial charge in [0, 0.05) is 23.8 Å². The Morgan fingerprint density at radius 1 is 1.19 bits per heavy atom. The van der Waals surface area contributed by atoms with Gasteiger partial charge in [0.15, 0.2) is 0 Å². The van der Waals surface area contributed by atoms with Gasteiger partial charge < -0.3 is 21.1 Å². The summed E-state index contributed by atoms with van der Waals surface area (Å²) in [5.74, 6) is -1.45. The van der Waals surface area contributed by atoms with E-state index < -0.39 is 30.2 Å². The Balaban J connectivity index is 1.98. The first kappa shape index (κ1) is 19.9. The quantitative estimate of drug-likeness (QED) is 0.370. The second-order valence-electron chi connectivity index (χ2n) is 5.77. The van der Waals surface area contributed by atoms with E-state index in [0.29, 0.717) is 16.9 Å². The normalized spacial score (nSPS) is 11.3. The number of anilines is 2. The van der Waals surface area contributed by atoms with Crippen LogP contribution >= 0.6 is 0 Å². The molecule has 27 heavy (non-hydrogen) atoms. The molecule has 4 N–H and O–H groups in total. The van der Waals surface area contributed by atoms with Gasteiger partial charge in [-0.25, -0.2) is 0 Å². The number of pyridine rings is 1. The van der Waals surface area contributed by atoms with Crippen LogP contribution < -0.4 is 16.4 Å². The number of nitrogens with one attached hydrogen (secondary N) is 2. The number of rotatable bonds is 8. The summed E-state index contributed by atoms with van der Waals surface area (Å²) >= 11 is 0. The molecule has 0 saturated heterocycles. The number of esters is 1. The molecule has 0 radical (unpaired) electrons. The molecule has 1 atom stereocenters. The number of aromatic nitrogens is 1. The molecule has 0 aliphatic heterocycles. The van der Waals surface area contributed by atoms with Crippen molar-refractivity contribution in [2.75, 3.05) is 17.7 Å². The lowest BCUT2D eigenvalue weighted by Crippen LogP contribution is -2.33. The average Bonchev–Trinajstić information content (AvgIpc) is 2.62. The summed E-state index contributed by atoms with van der Waals surface area (Å²) in [5, 5.41) is 5.29. The van der Waals surface area contributed by atoms with Crippen molar-refractivity contribution in [3.63, 3.8) is 0 Å². The van der Waals surface area contributed by atoms with Crippen LogP contribution in [0.1, 0.15) is 31.4 Å². The molecule has 2 amide bonds. The third-order valence-electron chi connectivity index (χ3n) is 3.59. The maximum Gasteiger partial charge on any atom is 0.308 e. The molecule has 142 valence electrons. The maximum atomic E-state index is 12.3. The van der Waals surface area contributed by atoms with Gasteiger partial charge in [-0.3, -0.25) is 19.4 Å². The smallest absolute Gasteiger partial charge is 0.308 e. The zero-order chi connectivity index (χ0) is 19.6. The van der Waals surface area contributed by atoms with Crippen molar-refractivity contribution >= 4 is 29.2 Å². The molecule has 8 heteroatoms. The number of carbonyl (C=O) groups is 3. The monoisotopic (exact) mass is 370 g/mol. The van der Waals surface area contributed by atoms with Crippen LogP contribution in [0.4, 0.5) is 11.4 Å². The van der Waals surface area contributed by atoms with Gasteiger partial charge in [0.25, 0.3) is 0 Å². The summed E-state index contributed by atoms with van der Waals surface area (Å²) < 4.78 is 4.94. The van der Waals surface area contributed by atoms with Gasteiger partial charge in [0.2, 0.25) is 11.8 Å². The molecular formula is C19H22N4O4. The Morgan fingerprint density at radius 3 is 2.67 bits per heavy atom. The first-order valence-corrected chi connectivity index (χ1v) is 8.48. The van der Waals surface area contributed by atoms with Crippen molar-refractivity contribution < 1.29 is 19.1 Å². The predicted molar refractivity (Wildman–Crippen MR) is 100 cm³/mol. The van der Waals surface area contributed by atoms with Crippen LogP contribution in [0.5, 0.6) is 0 Å². The maximum absolute atomic E-state index is 12.3. The van der Waals surface area contributed by atoms with Crippen LogP contribution in [0.15, 0.2) is 48.8 Å². The Bertz CT molecular complexity index is 795. The van der Waals surface area contributed by atoms with E-state index in [1.807, 2.05) is 0 Å². The fraction of sp³-hybridized carbons (Fsp3) is 0.263. The van der Waals surface area contributed by atoms with Gasteiger partial charge in [-0.05, 0) is 36.8 Å². The van der Waals surface area contributed by atoms with Crippen molar-refractivity contribution in [2.24, 2.45) is 0 Å². The number of nitrogen functional groups attached to an aromatic ring is 1. The molecule has 0 fully saturated rings. The Hall–Kier alpha value is -3.42. The highest BCUT2D eigenvalue weighted by Gasteiger charge is 2.21. The third-order valence-corrected chi connectivity index (χ3v) is 3.59. The number of amides is 2. The van der Waals surface area contributed by atoms with Gasteiger partial charge in [0.05, 0.1) is 19.1 Å². The van der Waals surface area contributed by atoms with Gasteiger partial charge in [-0.15, -0.1) is 0 Å². The highest BCUT2D eigenvalue weighted by molar-refractivity contribution is 6.03. The van der Waals surface area contributed by atoms with Crippen molar-refractivity contribution in [1.82, 2.24) is 10.3 Å². The zero-order valence-corrected chi connectivity index (χ0v) is 15.0. The number of hydrogen-bond acceptors (Lipinski definition) is 6. The Kier molecular flexibility index (Phi) is 7.30. The molecule has 8 nitrogen and oxygen atoms in total. The summed E-state index contributed by atoms with van der Waals surface area (Å²) in [4.78, 5) is 40.1. The first-order chi connectivity index (χ1) is 13.0. The number of nitrogens with zero attached hydrogens (tertiary/aromatic N) is 1. The Labute approximate surface area is 157 Å². The largest absolute Gasteiger partial charge is 0.466 e. The van der Waals surface area contributed by atoms with E-state index in [0.717, 1.165) is 0 Å². The molecule has 0 aliphatic carbocycles. The van der Waals surface area contributed by atoms with E-state index in [9.17, 15) is 14.4 Å². The van der Waals surface area contributed by atoms with E-state index in [2.05, 4.69) is 15.6 Å². The van der Waals surface area contributed by atoms with E-state index in [4.69, 9.17) is 10.5 Å². The zero-order valence-electron chi connectivity index (χ0n) is 15.0. The molecule has 2 aromatic rings. The standard InChI is InChI=1S/C19H22N4O4/c1-2-27-19(26)10-16(13-5-4-8-21-12-13)23-18(25)11-17(24)22-15-7-3-6-14(20)9-15/h3-9,12,16H,2,10-11,20H2,1H3,(H,22,24)(H,23,25). The second kappa shape index (κ2) is 9.91. The summed E-state index contributed by atoms with van der Waals surface area (Å²) in [6, 6.07) is 9.46. The molecule has 1 unspecified atom stereocenters. The van der Waals surface area contributed by atoms with E-state index >= 15 is 0 Å². The lowest BCUT2D eigenvalue weighted by Gasteiger charge is -2.18. The van der Waals surface area contributed by atoms with Crippen molar-refractivity contribution in [2.45, 2.75) is 25.8 Å².